The lowest BCUT2D eigenvalue weighted by Gasteiger charge is -2.39. The number of nitrogens with zero attached hydrogens (tertiary/aromatic N) is 5. The summed E-state index contributed by atoms with van der Waals surface area (Å²) in [6.45, 7) is 7.66. The van der Waals surface area contributed by atoms with Crippen LogP contribution in [0.2, 0.25) is 0 Å². The molecule has 1 atom stereocenters. The van der Waals surface area contributed by atoms with Gasteiger partial charge in [0.25, 0.3) is 0 Å². The van der Waals surface area contributed by atoms with Gasteiger partial charge in [-0.3, -0.25) is 9.89 Å². The highest BCUT2D eigenvalue weighted by Crippen LogP contribution is 2.25. The molecule has 7 nitrogen and oxygen atoms in total. The first kappa shape index (κ1) is 24.9. The van der Waals surface area contributed by atoms with Crippen LogP contribution in [0.5, 0.6) is 0 Å². The topological polar surface area (TPSA) is 69.8 Å². The molecule has 1 unspecified atom stereocenters. The van der Waals surface area contributed by atoms with Gasteiger partial charge in [0.15, 0.2) is 11.8 Å². The van der Waals surface area contributed by atoms with E-state index in [-0.39, 0.29) is 29.9 Å². The molecule has 2 rings (SSSR count). The first-order valence-electron chi connectivity index (χ1n) is 9.31. The zero-order chi connectivity index (χ0) is 20.0. The van der Waals surface area contributed by atoms with Crippen LogP contribution in [-0.2, 0) is 6.42 Å². The molecule has 1 saturated heterocycles. The number of hydrogen-bond donors (Lipinski definition) is 1. The molecule has 28 heavy (non-hydrogen) atoms. The van der Waals surface area contributed by atoms with Gasteiger partial charge in [0.1, 0.15) is 6.04 Å². The van der Waals surface area contributed by atoms with Crippen molar-refractivity contribution in [2.75, 3.05) is 39.8 Å². The second kappa shape index (κ2) is 11.2. The van der Waals surface area contributed by atoms with E-state index in [1.54, 1.807) is 7.05 Å². The maximum absolute atomic E-state index is 12.8. The van der Waals surface area contributed by atoms with E-state index in [2.05, 4.69) is 20.4 Å². The maximum Gasteiger partial charge on any atom is 0.403 e. The van der Waals surface area contributed by atoms with E-state index in [1.165, 1.54) is 11.8 Å². The molecule has 0 aliphatic carbocycles. The summed E-state index contributed by atoms with van der Waals surface area (Å²) in [5.74, 6) is 2.27. The molecular formula is C17H30F3IN6O. The standard InChI is InChI=1S/C17H29F3N6O.HI/c1-12(2)15-23-14(27-24-15)6-5-7-22-16(21-4)26-10-8-25(9-11-26)13(3)17(18,19)20;/h12-13H,5-11H2,1-4H3,(H,21,22);1H. The minimum Gasteiger partial charge on any atom is -0.356 e. The summed E-state index contributed by atoms with van der Waals surface area (Å²) in [6, 6.07) is -1.42. The van der Waals surface area contributed by atoms with Crippen molar-refractivity contribution >= 4 is 29.9 Å². The lowest BCUT2D eigenvalue weighted by molar-refractivity contribution is -0.181. The van der Waals surface area contributed by atoms with Crippen LogP contribution in [0, 0.1) is 0 Å². The molecule has 0 spiro atoms. The summed E-state index contributed by atoms with van der Waals surface area (Å²) in [6.07, 6.45) is -2.73. The smallest absolute Gasteiger partial charge is 0.356 e. The highest BCUT2D eigenvalue weighted by molar-refractivity contribution is 14.0. The Kier molecular flexibility index (Phi) is 9.95. The molecule has 11 heteroatoms. The SMILES string of the molecule is CN=C(NCCCc1nc(C(C)C)no1)N1CCN(C(C)C(F)(F)F)CC1.I. The second-order valence-corrected chi connectivity index (χ2v) is 7.02. The number of aromatic nitrogens is 2. The van der Waals surface area contributed by atoms with Crippen LogP contribution in [0.3, 0.4) is 0 Å². The van der Waals surface area contributed by atoms with Crippen LogP contribution in [0.25, 0.3) is 0 Å². The number of hydrogen-bond acceptors (Lipinski definition) is 5. The Morgan fingerprint density at radius 1 is 1.21 bits per heavy atom. The first-order chi connectivity index (χ1) is 12.7. The monoisotopic (exact) mass is 518 g/mol. The molecule has 1 aliphatic heterocycles. The zero-order valence-corrected chi connectivity index (χ0v) is 19.1. The third kappa shape index (κ3) is 7.05. The molecule has 0 radical (unpaired) electrons. The Balaban J connectivity index is 0.00000392. The third-order valence-electron chi connectivity index (χ3n) is 4.70. The molecular weight excluding hydrogens is 488 g/mol. The molecule has 1 aromatic heterocycles. The van der Waals surface area contributed by atoms with Crippen molar-refractivity contribution in [1.29, 1.82) is 0 Å². The number of halogens is 4. The first-order valence-corrected chi connectivity index (χ1v) is 9.31. The van der Waals surface area contributed by atoms with Crippen LogP contribution in [0.1, 0.15) is 44.8 Å². The van der Waals surface area contributed by atoms with Gasteiger partial charge in [-0.2, -0.15) is 18.2 Å². The van der Waals surface area contributed by atoms with Crippen molar-refractivity contribution in [3.05, 3.63) is 11.7 Å². The summed E-state index contributed by atoms with van der Waals surface area (Å²) in [5, 5.41) is 7.19. The van der Waals surface area contributed by atoms with Crippen LogP contribution in [-0.4, -0.2) is 77.9 Å². The van der Waals surface area contributed by atoms with Gasteiger partial charge in [-0.1, -0.05) is 19.0 Å². The maximum atomic E-state index is 12.8. The van der Waals surface area contributed by atoms with Crippen LogP contribution in [0.15, 0.2) is 9.52 Å². The highest BCUT2D eigenvalue weighted by Gasteiger charge is 2.41. The van der Waals surface area contributed by atoms with Gasteiger partial charge >= 0.3 is 6.18 Å². The molecule has 0 bridgehead atoms. The molecule has 0 amide bonds. The summed E-state index contributed by atoms with van der Waals surface area (Å²) in [7, 11) is 1.68. The molecule has 0 saturated carbocycles. The molecule has 1 N–H and O–H groups in total. The normalized spacial score (nSPS) is 17.6. The Morgan fingerprint density at radius 3 is 2.36 bits per heavy atom. The van der Waals surface area contributed by atoms with Crippen molar-refractivity contribution in [3.8, 4) is 0 Å². The lowest BCUT2D eigenvalue weighted by atomic mass is 10.2. The molecule has 2 heterocycles. The van der Waals surface area contributed by atoms with E-state index in [9.17, 15) is 13.2 Å². The number of guanidine groups is 1. The van der Waals surface area contributed by atoms with Gasteiger partial charge in [-0.25, -0.2) is 0 Å². The minimum absolute atomic E-state index is 0. The van der Waals surface area contributed by atoms with Crippen molar-refractivity contribution in [3.63, 3.8) is 0 Å². The lowest BCUT2D eigenvalue weighted by Crippen LogP contribution is -2.56. The van der Waals surface area contributed by atoms with Crippen molar-refractivity contribution in [2.45, 2.75) is 51.7 Å². The van der Waals surface area contributed by atoms with Crippen LogP contribution >= 0.6 is 24.0 Å². The average Bonchev–Trinajstić information content (AvgIpc) is 3.10. The fraction of sp³-hybridized carbons (Fsp3) is 0.824. The minimum atomic E-state index is -4.19. The summed E-state index contributed by atoms with van der Waals surface area (Å²) in [4.78, 5) is 12.0. The summed E-state index contributed by atoms with van der Waals surface area (Å²) < 4.78 is 43.7. The van der Waals surface area contributed by atoms with E-state index >= 15 is 0 Å². The van der Waals surface area contributed by atoms with Crippen molar-refractivity contribution < 1.29 is 17.7 Å². The number of alkyl halides is 3. The predicted molar refractivity (Wildman–Crippen MR) is 112 cm³/mol. The number of aliphatic imine (C=N–C) groups is 1. The Morgan fingerprint density at radius 2 is 1.86 bits per heavy atom. The van der Waals surface area contributed by atoms with E-state index in [0.717, 1.165) is 6.42 Å². The molecule has 1 aliphatic rings. The highest BCUT2D eigenvalue weighted by atomic mass is 127. The Labute approximate surface area is 181 Å². The Bertz CT molecular complexity index is 614. The van der Waals surface area contributed by atoms with Gasteiger partial charge in [0, 0.05) is 52.1 Å². The zero-order valence-electron chi connectivity index (χ0n) is 16.8. The fourth-order valence-electron chi connectivity index (χ4n) is 2.90. The second-order valence-electron chi connectivity index (χ2n) is 7.02. The average molecular weight is 518 g/mol. The fourth-order valence-corrected chi connectivity index (χ4v) is 2.90. The number of nitrogens with one attached hydrogen (secondary N) is 1. The number of rotatable bonds is 6. The van der Waals surface area contributed by atoms with Gasteiger partial charge in [-0.15, -0.1) is 24.0 Å². The molecule has 1 aromatic rings. The van der Waals surface area contributed by atoms with Crippen molar-refractivity contribution in [1.82, 2.24) is 25.3 Å². The van der Waals surface area contributed by atoms with E-state index in [1.807, 2.05) is 18.7 Å². The summed E-state index contributed by atoms with van der Waals surface area (Å²) >= 11 is 0. The molecule has 162 valence electrons. The third-order valence-corrected chi connectivity index (χ3v) is 4.70. The van der Waals surface area contributed by atoms with E-state index < -0.39 is 12.2 Å². The quantitative estimate of drug-likeness (QED) is 0.271. The predicted octanol–water partition coefficient (Wildman–Crippen LogP) is 2.89. The van der Waals surface area contributed by atoms with Gasteiger partial charge in [-0.05, 0) is 13.3 Å². The van der Waals surface area contributed by atoms with E-state index in [4.69, 9.17) is 4.52 Å². The van der Waals surface area contributed by atoms with E-state index in [0.29, 0.717) is 56.8 Å². The van der Waals surface area contributed by atoms with Gasteiger partial charge < -0.3 is 14.7 Å². The van der Waals surface area contributed by atoms with Crippen LogP contribution < -0.4 is 5.32 Å². The van der Waals surface area contributed by atoms with Crippen molar-refractivity contribution in [2.24, 2.45) is 4.99 Å². The Hall–Kier alpha value is -1.11. The largest absolute Gasteiger partial charge is 0.403 e. The molecule has 0 aromatic carbocycles. The van der Waals surface area contributed by atoms with Gasteiger partial charge in [0.2, 0.25) is 5.89 Å². The summed E-state index contributed by atoms with van der Waals surface area (Å²) in [5.41, 5.74) is 0. The number of piperazine rings is 1. The molecule has 1 fully saturated rings. The van der Waals surface area contributed by atoms with Crippen LogP contribution in [0.4, 0.5) is 13.2 Å². The number of aryl methyl sites for hydroxylation is 1. The van der Waals surface area contributed by atoms with Gasteiger partial charge in [0.05, 0.1) is 0 Å².